The molecule has 1 N–H and O–H groups in total. The summed E-state index contributed by atoms with van der Waals surface area (Å²) in [4.78, 5) is 14.7. The van der Waals surface area contributed by atoms with Gasteiger partial charge in [-0.25, -0.2) is 0 Å². The molecule has 1 aliphatic rings. The predicted molar refractivity (Wildman–Crippen MR) is 89.6 cm³/mol. The topological polar surface area (TPSA) is 49.0 Å². The van der Waals surface area contributed by atoms with E-state index in [1.807, 2.05) is 42.2 Å². The largest absolute Gasteiger partial charge is 0.295 e. The average Bonchev–Trinajstić information content (AvgIpc) is 3.08. The maximum absolute atomic E-state index is 12.9. The van der Waals surface area contributed by atoms with Gasteiger partial charge >= 0.3 is 0 Å². The van der Waals surface area contributed by atoms with E-state index in [1.54, 1.807) is 0 Å². The number of hydrogen-bond donors (Lipinski definition) is 1. The highest BCUT2D eigenvalue weighted by Crippen LogP contribution is 2.42. The lowest BCUT2D eigenvalue weighted by atomic mass is 9.98. The van der Waals surface area contributed by atoms with Crippen LogP contribution in [0.5, 0.6) is 0 Å². The second-order valence-corrected chi connectivity index (χ2v) is 5.93. The number of carbonyl (C=O) groups excluding carboxylic acids is 1. The Balaban J connectivity index is 1.91. The number of rotatable bonds is 2. The molecule has 1 aromatic heterocycles. The second kappa shape index (κ2) is 5.09. The fourth-order valence-electron chi connectivity index (χ4n) is 3.22. The van der Waals surface area contributed by atoms with Crippen molar-refractivity contribution in [3.8, 4) is 0 Å². The fourth-order valence-corrected chi connectivity index (χ4v) is 3.22. The van der Waals surface area contributed by atoms with Gasteiger partial charge in [0.25, 0.3) is 5.91 Å². The summed E-state index contributed by atoms with van der Waals surface area (Å²) >= 11 is 0. The molecule has 1 unspecified atom stereocenters. The third-order valence-corrected chi connectivity index (χ3v) is 4.38. The Kier molecular flexibility index (Phi) is 3.05. The molecule has 1 atom stereocenters. The standard InChI is InChI=1S/C19H17N3O/c1-12-8-10-14(11-9-12)18-16-13(2)20-21-17(16)19(23)22(18)15-6-4-3-5-7-15/h3-11,18H,1-2H3,(H,20,21). The molecule has 4 rings (SSSR count). The smallest absolute Gasteiger partial charge is 0.279 e. The van der Waals surface area contributed by atoms with Crippen LogP contribution in [0.25, 0.3) is 0 Å². The molecule has 2 aromatic carbocycles. The summed E-state index contributed by atoms with van der Waals surface area (Å²) in [5.74, 6) is -0.0545. The van der Waals surface area contributed by atoms with Crippen molar-refractivity contribution in [2.45, 2.75) is 19.9 Å². The number of amides is 1. The van der Waals surface area contributed by atoms with Crippen LogP contribution >= 0.6 is 0 Å². The van der Waals surface area contributed by atoms with E-state index in [4.69, 9.17) is 0 Å². The van der Waals surface area contributed by atoms with E-state index in [1.165, 1.54) is 5.56 Å². The minimum Gasteiger partial charge on any atom is -0.295 e. The summed E-state index contributed by atoms with van der Waals surface area (Å²) in [6, 6.07) is 18.0. The van der Waals surface area contributed by atoms with Crippen LogP contribution in [0.3, 0.4) is 0 Å². The molecule has 0 saturated heterocycles. The van der Waals surface area contributed by atoms with E-state index in [9.17, 15) is 4.79 Å². The molecular weight excluding hydrogens is 286 g/mol. The molecule has 0 fully saturated rings. The molecule has 23 heavy (non-hydrogen) atoms. The predicted octanol–water partition coefficient (Wildman–Crippen LogP) is 3.78. The summed E-state index contributed by atoms with van der Waals surface area (Å²) in [6.45, 7) is 4.03. The van der Waals surface area contributed by atoms with Crippen LogP contribution in [0.4, 0.5) is 5.69 Å². The highest BCUT2D eigenvalue weighted by Gasteiger charge is 2.42. The van der Waals surface area contributed by atoms with Gasteiger partial charge in [-0.2, -0.15) is 5.10 Å². The van der Waals surface area contributed by atoms with Crippen molar-refractivity contribution < 1.29 is 4.79 Å². The first kappa shape index (κ1) is 13.8. The first-order chi connectivity index (χ1) is 11.2. The Morgan fingerprint density at radius 1 is 1.00 bits per heavy atom. The maximum atomic E-state index is 12.9. The van der Waals surface area contributed by atoms with Gasteiger partial charge in [-0.15, -0.1) is 0 Å². The van der Waals surface area contributed by atoms with E-state index >= 15 is 0 Å². The van der Waals surface area contributed by atoms with Crippen LogP contribution in [-0.2, 0) is 0 Å². The molecule has 0 saturated carbocycles. The van der Waals surface area contributed by atoms with E-state index in [-0.39, 0.29) is 11.9 Å². The van der Waals surface area contributed by atoms with Crippen molar-refractivity contribution >= 4 is 11.6 Å². The maximum Gasteiger partial charge on any atom is 0.279 e. The van der Waals surface area contributed by atoms with Gasteiger partial charge < -0.3 is 0 Å². The number of para-hydroxylation sites is 1. The number of nitrogens with zero attached hydrogens (tertiary/aromatic N) is 2. The normalized spacial score (nSPS) is 16.7. The molecule has 0 aliphatic carbocycles. The zero-order valence-corrected chi connectivity index (χ0v) is 13.1. The molecule has 3 aromatic rings. The Morgan fingerprint density at radius 2 is 1.70 bits per heavy atom. The number of H-pyrrole nitrogens is 1. The van der Waals surface area contributed by atoms with Crippen molar-refractivity contribution in [2.75, 3.05) is 4.90 Å². The fraction of sp³-hybridized carbons (Fsp3) is 0.158. The number of anilines is 1. The monoisotopic (exact) mass is 303 g/mol. The van der Waals surface area contributed by atoms with Crippen molar-refractivity contribution in [1.29, 1.82) is 0 Å². The zero-order valence-electron chi connectivity index (χ0n) is 13.1. The summed E-state index contributed by atoms with van der Waals surface area (Å²) in [5, 5.41) is 7.19. The third kappa shape index (κ3) is 2.06. The molecule has 2 heterocycles. The lowest BCUT2D eigenvalue weighted by Gasteiger charge is -2.26. The van der Waals surface area contributed by atoms with Crippen molar-refractivity contribution in [2.24, 2.45) is 0 Å². The van der Waals surface area contributed by atoms with Crippen molar-refractivity contribution in [1.82, 2.24) is 10.2 Å². The number of fused-ring (bicyclic) bond motifs is 1. The van der Waals surface area contributed by atoms with Crippen LogP contribution in [0.1, 0.15) is 38.9 Å². The molecule has 4 nitrogen and oxygen atoms in total. The van der Waals surface area contributed by atoms with E-state index in [2.05, 4.69) is 41.4 Å². The summed E-state index contributed by atoms with van der Waals surface area (Å²) in [6.07, 6.45) is 0. The lowest BCUT2D eigenvalue weighted by Crippen LogP contribution is -2.29. The van der Waals surface area contributed by atoms with Crippen molar-refractivity contribution in [3.05, 3.63) is 82.7 Å². The van der Waals surface area contributed by atoms with Gasteiger partial charge in [0.1, 0.15) is 0 Å². The number of carbonyl (C=O) groups is 1. The minimum atomic E-state index is -0.140. The summed E-state index contributed by atoms with van der Waals surface area (Å²) < 4.78 is 0. The molecule has 1 aliphatic heterocycles. The molecule has 4 heteroatoms. The number of aromatic amines is 1. The first-order valence-electron chi connectivity index (χ1n) is 7.67. The highest BCUT2D eigenvalue weighted by atomic mass is 16.2. The van der Waals surface area contributed by atoms with E-state index < -0.39 is 0 Å². The third-order valence-electron chi connectivity index (χ3n) is 4.38. The van der Waals surface area contributed by atoms with Gasteiger partial charge in [0.2, 0.25) is 0 Å². The van der Waals surface area contributed by atoms with Crippen molar-refractivity contribution in [3.63, 3.8) is 0 Å². The Morgan fingerprint density at radius 3 is 2.39 bits per heavy atom. The highest BCUT2D eigenvalue weighted by molar-refractivity contribution is 6.10. The quantitative estimate of drug-likeness (QED) is 0.783. The van der Waals surface area contributed by atoms with Gasteiger partial charge in [0, 0.05) is 16.9 Å². The number of hydrogen-bond acceptors (Lipinski definition) is 2. The number of aromatic nitrogens is 2. The lowest BCUT2D eigenvalue weighted by molar-refractivity contribution is 0.0989. The number of nitrogens with one attached hydrogen (secondary N) is 1. The van der Waals surface area contributed by atoms with Crippen LogP contribution in [0.2, 0.25) is 0 Å². The SMILES string of the molecule is Cc1ccc(C2c3c(n[nH]c3C)C(=O)N2c2ccccc2)cc1. The molecule has 1 amide bonds. The van der Waals surface area contributed by atoms with Crippen LogP contribution in [0, 0.1) is 13.8 Å². The summed E-state index contributed by atoms with van der Waals surface area (Å²) in [7, 11) is 0. The molecule has 0 bridgehead atoms. The van der Waals surface area contributed by atoms with Gasteiger partial charge in [-0.05, 0) is 31.5 Å². The van der Waals surface area contributed by atoms with Gasteiger partial charge in [0.15, 0.2) is 5.69 Å². The Hall–Kier alpha value is -2.88. The van der Waals surface area contributed by atoms with Gasteiger partial charge in [-0.3, -0.25) is 14.8 Å². The summed E-state index contributed by atoms with van der Waals surface area (Å²) in [5.41, 5.74) is 5.63. The van der Waals surface area contributed by atoms with Gasteiger partial charge in [-0.1, -0.05) is 48.0 Å². The average molecular weight is 303 g/mol. The first-order valence-corrected chi connectivity index (χ1v) is 7.67. The van der Waals surface area contributed by atoms with Gasteiger partial charge in [0.05, 0.1) is 6.04 Å². The number of aryl methyl sites for hydroxylation is 2. The minimum absolute atomic E-state index is 0.0545. The molecule has 0 radical (unpaired) electrons. The zero-order chi connectivity index (χ0) is 16.0. The van der Waals surface area contributed by atoms with Crippen LogP contribution < -0.4 is 4.90 Å². The molecule has 114 valence electrons. The second-order valence-electron chi connectivity index (χ2n) is 5.93. The molecular formula is C19H17N3O. The Labute approximate surface area is 134 Å². The van der Waals surface area contributed by atoms with Crippen LogP contribution in [0.15, 0.2) is 54.6 Å². The van der Waals surface area contributed by atoms with E-state index in [0.29, 0.717) is 5.69 Å². The number of benzene rings is 2. The van der Waals surface area contributed by atoms with Crippen LogP contribution in [-0.4, -0.2) is 16.1 Å². The Bertz CT molecular complexity index is 865. The van der Waals surface area contributed by atoms with E-state index in [0.717, 1.165) is 22.5 Å². The molecule has 0 spiro atoms.